The molecule has 0 aromatic rings. The third-order valence-corrected chi connectivity index (χ3v) is 2.54. The van der Waals surface area contributed by atoms with Crippen molar-refractivity contribution in [1.82, 2.24) is 0 Å². The molecule has 6 heteroatoms. The predicted octanol–water partition coefficient (Wildman–Crippen LogP) is 2.12. The monoisotopic (exact) mass is 210 g/mol. The molecule has 78 valence electrons. The van der Waals surface area contributed by atoms with Gasteiger partial charge in [-0.1, -0.05) is 6.92 Å². The van der Waals surface area contributed by atoms with Crippen molar-refractivity contribution in [3.8, 4) is 0 Å². The Morgan fingerprint density at radius 2 is 1.92 bits per heavy atom. The first-order valence-corrected chi connectivity index (χ1v) is 5.59. The van der Waals surface area contributed by atoms with Crippen molar-refractivity contribution in [1.29, 1.82) is 0 Å². The van der Waals surface area contributed by atoms with Crippen LogP contribution < -0.4 is 0 Å². The van der Waals surface area contributed by atoms with Gasteiger partial charge in [0.2, 0.25) is 0 Å². The molecule has 0 radical (unpaired) electrons. The molecule has 0 aromatic carbocycles. The molecule has 5 nitrogen and oxygen atoms in total. The van der Waals surface area contributed by atoms with Gasteiger partial charge in [-0.15, -0.1) is 0 Å². The molecular formula is C7H15O5P. The van der Waals surface area contributed by atoms with E-state index in [0.29, 0.717) is 6.42 Å². The van der Waals surface area contributed by atoms with Crippen molar-refractivity contribution in [2.24, 2.45) is 0 Å². The number of phosphoric acid groups is 1. The first-order chi connectivity index (χ1) is 6.04. The predicted molar refractivity (Wildman–Crippen MR) is 47.2 cm³/mol. The number of carbonyl (C=O) groups excluding carboxylic acids is 1. The van der Waals surface area contributed by atoms with Crippen molar-refractivity contribution in [2.45, 2.75) is 27.2 Å². The summed E-state index contributed by atoms with van der Waals surface area (Å²) in [6.07, 6.45) is 0.679. The third-order valence-electron chi connectivity index (χ3n) is 0.981. The summed E-state index contributed by atoms with van der Waals surface area (Å²) in [7, 11) is -3.64. The third kappa shape index (κ3) is 5.80. The molecule has 0 amide bonds. The number of phosphoric ester groups is 1. The standard InChI is InChI=1S/C7H15O5P/c1-4-6-11-13(9,10-5-2)12-7(3)8/h4-6H2,1-3H3. The van der Waals surface area contributed by atoms with Crippen molar-refractivity contribution < 1.29 is 22.9 Å². The van der Waals surface area contributed by atoms with E-state index in [9.17, 15) is 9.36 Å². The molecular weight excluding hydrogens is 195 g/mol. The van der Waals surface area contributed by atoms with Crippen LogP contribution in [0.25, 0.3) is 0 Å². The number of carbonyl (C=O) groups is 1. The molecule has 0 N–H and O–H groups in total. The maximum Gasteiger partial charge on any atom is 0.532 e. The van der Waals surface area contributed by atoms with E-state index in [1.165, 1.54) is 0 Å². The Labute approximate surface area is 78.0 Å². The van der Waals surface area contributed by atoms with Crippen LogP contribution in [0, 0.1) is 0 Å². The summed E-state index contributed by atoms with van der Waals surface area (Å²) in [5, 5.41) is 0. The average Bonchev–Trinajstić information content (AvgIpc) is 2.00. The van der Waals surface area contributed by atoms with E-state index in [2.05, 4.69) is 4.52 Å². The smallest absolute Gasteiger partial charge is 0.371 e. The average molecular weight is 210 g/mol. The number of hydrogen-bond donors (Lipinski definition) is 0. The fraction of sp³-hybridized carbons (Fsp3) is 0.857. The second kappa shape index (κ2) is 6.13. The molecule has 0 bridgehead atoms. The molecule has 0 heterocycles. The van der Waals surface area contributed by atoms with E-state index < -0.39 is 13.8 Å². The van der Waals surface area contributed by atoms with Gasteiger partial charge >= 0.3 is 13.8 Å². The lowest BCUT2D eigenvalue weighted by atomic mass is 10.5. The summed E-state index contributed by atoms with van der Waals surface area (Å²) in [4.78, 5) is 10.5. The quantitative estimate of drug-likeness (QED) is 0.628. The van der Waals surface area contributed by atoms with E-state index in [1.807, 2.05) is 6.92 Å². The molecule has 0 aliphatic heterocycles. The Morgan fingerprint density at radius 1 is 1.31 bits per heavy atom. The summed E-state index contributed by atoms with van der Waals surface area (Å²) < 4.78 is 25.5. The van der Waals surface area contributed by atoms with Gasteiger partial charge in [-0.2, -0.15) is 0 Å². The van der Waals surface area contributed by atoms with E-state index in [0.717, 1.165) is 6.92 Å². The highest BCUT2D eigenvalue weighted by Crippen LogP contribution is 2.49. The van der Waals surface area contributed by atoms with Crippen LogP contribution in [-0.4, -0.2) is 19.2 Å². The van der Waals surface area contributed by atoms with Gasteiger partial charge in [0.15, 0.2) is 0 Å². The zero-order valence-corrected chi connectivity index (χ0v) is 9.00. The van der Waals surface area contributed by atoms with Gasteiger partial charge < -0.3 is 4.52 Å². The van der Waals surface area contributed by atoms with E-state index in [1.54, 1.807) is 6.92 Å². The van der Waals surface area contributed by atoms with Gasteiger partial charge in [0.1, 0.15) is 0 Å². The number of hydrogen-bond acceptors (Lipinski definition) is 5. The zero-order valence-electron chi connectivity index (χ0n) is 8.11. The fourth-order valence-electron chi connectivity index (χ4n) is 0.609. The topological polar surface area (TPSA) is 61.8 Å². The highest BCUT2D eigenvalue weighted by atomic mass is 31.2. The van der Waals surface area contributed by atoms with Crippen LogP contribution in [0.1, 0.15) is 27.2 Å². The Bertz CT molecular complexity index is 203. The van der Waals surface area contributed by atoms with Crippen LogP contribution in [-0.2, 0) is 22.9 Å². The lowest BCUT2D eigenvalue weighted by Crippen LogP contribution is -2.04. The number of rotatable bonds is 6. The van der Waals surface area contributed by atoms with Crippen molar-refractivity contribution >= 4 is 13.8 Å². The first-order valence-electron chi connectivity index (χ1n) is 4.13. The molecule has 13 heavy (non-hydrogen) atoms. The molecule has 0 aliphatic carbocycles. The first kappa shape index (κ1) is 12.6. The van der Waals surface area contributed by atoms with E-state index in [4.69, 9.17) is 9.05 Å². The summed E-state index contributed by atoms with van der Waals surface area (Å²) >= 11 is 0. The minimum absolute atomic E-state index is 0.175. The van der Waals surface area contributed by atoms with Crippen LogP contribution in [0.2, 0.25) is 0 Å². The SMILES string of the molecule is CCCOP(=O)(OCC)OC(C)=O. The second-order valence-electron chi connectivity index (χ2n) is 2.28. The molecule has 1 unspecified atom stereocenters. The minimum Gasteiger partial charge on any atom is -0.371 e. The normalized spacial score (nSPS) is 15.0. The van der Waals surface area contributed by atoms with Crippen molar-refractivity contribution in [3.05, 3.63) is 0 Å². The van der Waals surface area contributed by atoms with Gasteiger partial charge in [-0.3, -0.25) is 13.8 Å². The van der Waals surface area contributed by atoms with Gasteiger partial charge in [-0.25, -0.2) is 4.57 Å². The zero-order chi connectivity index (χ0) is 10.3. The van der Waals surface area contributed by atoms with Crippen LogP contribution >= 0.6 is 7.82 Å². The molecule has 1 atom stereocenters. The van der Waals surface area contributed by atoms with Crippen LogP contribution in [0.3, 0.4) is 0 Å². The van der Waals surface area contributed by atoms with Gasteiger partial charge in [0.25, 0.3) is 0 Å². The molecule has 0 saturated heterocycles. The van der Waals surface area contributed by atoms with Gasteiger partial charge in [-0.05, 0) is 13.3 Å². The molecule has 0 saturated carbocycles. The molecule has 0 aliphatic rings. The van der Waals surface area contributed by atoms with Gasteiger partial charge in [0.05, 0.1) is 13.2 Å². The summed E-state index contributed by atoms with van der Waals surface area (Å²) in [6.45, 7) is 5.06. The Balaban J connectivity index is 4.16. The maximum atomic E-state index is 11.5. The lowest BCUT2D eigenvalue weighted by Gasteiger charge is -2.14. The largest absolute Gasteiger partial charge is 0.532 e. The molecule has 0 aromatic heterocycles. The maximum absolute atomic E-state index is 11.5. The Hall–Kier alpha value is -0.380. The molecule has 0 fully saturated rings. The van der Waals surface area contributed by atoms with Crippen LogP contribution in [0.4, 0.5) is 0 Å². The van der Waals surface area contributed by atoms with Crippen LogP contribution in [0.15, 0.2) is 0 Å². The highest BCUT2D eigenvalue weighted by molar-refractivity contribution is 7.49. The second-order valence-corrected chi connectivity index (χ2v) is 3.87. The summed E-state index contributed by atoms with van der Waals surface area (Å²) in [6, 6.07) is 0. The highest BCUT2D eigenvalue weighted by Gasteiger charge is 2.28. The summed E-state index contributed by atoms with van der Waals surface area (Å²) in [5.41, 5.74) is 0. The van der Waals surface area contributed by atoms with Crippen LogP contribution in [0.5, 0.6) is 0 Å². The van der Waals surface area contributed by atoms with E-state index in [-0.39, 0.29) is 13.2 Å². The van der Waals surface area contributed by atoms with Gasteiger partial charge in [0, 0.05) is 6.92 Å². The summed E-state index contributed by atoms with van der Waals surface area (Å²) in [5.74, 6) is -0.673. The molecule has 0 spiro atoms. The van der Waals surface area contributed by atoms with E-state index >= 15 is 0 Å². The van der Waals surface area contributed by atoms with Crippen molar-refractivity contribution in [3.63, 3.8) is 0 Å². The fourth-order valence-corrected chi connectivity index (χ4v) is 1.83. The van der Waals surface area contributed by atoms with Crippen molar-refractivity contribution in [2.75, 3.05) is 13.2 Å². The molecule has 0 rings (SSSR count). The Kier molecular flexibility index (Phi) is 5.95. The minimum atomic E-state index is -3.64. The lowest BCUT2D eigenvalue weighted by molar-refractivity contribution is -0.133. The Morgan fingerprint density at radius 3 is 2.31 bits per heavy atom.